The summed E-state index contributed by atoms with van der Waals surface area (Å²) in [5.74, 6) is 0.331. The average molecular weight is 1130 g/mol. The van der Waals surface area contributed by atoms with Crippen LogP contribution in [0.5, 0.6) is 0 Å². The van der Waals surface area contributed by atoms with E-state index in [4.69, 9.17) is 22.0 Å². The molecule has 0 aromatic carbocycles. The highest BCUT2D eigenvalue weighted by Crippen LogP contribution is 2.52. The lowest BCUT2D eigenvalue weighted by atomic mass is 9.57. The molecule has 1 unspecified atom stereocenters. The molecule has 478 valence electrons. The van der Waals surface area contributed by atoms with Crippen molar-refractivity contribution < 1.29 is 24.0 Å². The van der Waals surface area contributed by atoms with E-state index in [9.17, 15) is 19.2 Å². The van der Waals surface area contributed by atoms with Crippen LogP contribution in [0.3, 0.4) is 0 Å². The maximum atomic E-state index is 13.9. The van der Waals surface area contributed by atoms with Gasteiger partial charge in [0.25, 0.3) is 0 Å². The normalized spacial score (nSPS) is 12.1. The van der Waals surface area contributed by atoms with Crippen molar-refractivity contribution in [1.82, 2.24) is 31.1 Å². The second-order valence-electron chi connectivity index (χ2n) is 26.3. The molecule has 0 saturated heterocycles. The van der Waals surface area contributed by atoms with Crippen molar-refractivity contribution in [1.29, 1.82) is 0 Å². The molecule has 0 aromatic heterocycles. The summed E-state index contributed by atoms with van der Waals surface area (Å²) in [6.45, 7) is 58.9. The topological polar surface area (TPSA) is 244 Å². The zero-order valence-corrected chi connectivity index (χ0v) is 57.4. The zero-order valence-electron chi connectivity index (χ0n) is 57.4. The van der Waals surface area contributed by atoms with E-state index in [1.165, 1.54) is 12.8 Å². The van der Waals surface area contributed by atoms with E-state index in [2.05, 4.69) is 157 Å². The fourth-order valence-electron chi connectivity index (χ4n) is 9.81. The third-order valence-corrected chi connectivity index (χ3v) is 14.0. The molecule has 0 rings (SSSR count). The van der Waals surface area contributed by atoms with Crippen molar-refractivity contribution in [3.63, 3.8) is 0 Å². The number of rotatable bonds is 36. The Morgan fingerprint density at radius 3 is 1.23 bits per heavy atom. The maximum absolute atomic E-state index is 13.9. The fourth-order valence-corrected chi connectivity index (χ4v) is 9.81. The second kappa shape index (κ2) is 52.3. The van der Waals surface area contributed by atoms with Crippen molar-refractivity contribution in [2.45, 2.75) is 255 Å². The van der Waals surface area contributed by atoms with E-state index >= 15 is 0 Å². The lowest BCUT2D eigenvalue weighted by Crippen LogP contribution is -2.43. The third kappa shape index (κ3) is 54.5. The molecule has 0 aromatic rings. The van der Waals surface area contributed by atoms with Crippen LogP contribution in [0.15, 0.2) is 0 Å². The van der Waals surface area contributed by atoms with Crippen molar-refractivity contribution in [3.05, 3.63) is 0 Å². The van der Waals surface area contributed by atoms with Crippen LogP contribution in [0.1, 0.15) is 249 Å². The summed E-state index contributed by atoms with van der Waals surface area (Å²) >= 11 is 0. The first-order chi connectivity index (χ1) is 36.5. The Balaban J connectivity index is -0.000000420. The van der Waals surface area contributed by atoms with Gasteiger partial charge in [-0.3, -0.25) is 19.3 Å². The molecule has 0 spiro atoms. The molecule has 15 nitrogen and oxygen atoms in total. The first-order valence-electron chi connectivity index (χ1n) is 31.1. The van der Waals surface area contributed by atoms with Crippen LogP contribution in [0, 0.1) is 37.9 Å². The van der Waals surface area contributed by atoms with Gasteiger partial charge in [-0.25, -0.2) is 0 Å². The average Bonchev–Trinajstić information content (AvgIpc) is 3.32. The number of hydrogen-bond donors (Lipinski definition) is 8. The van der Waals surface area contributed by atoms with Gasteiger partial charge in [-0.05, 0) is 155 Å². The van der Waals surface area contributed by atoms with Gasteiger partial charge in [-0.2, -0.15) is 0 Å². The number of nitrogens with one attached hydrogen (secondary N) is 4. The van der Waals surface area contributed by atoms with E-state index in [0.717, 1.165) is 84.1 Å². The Hall–Kier alpha value is -2.53. The molecule has 0 bridgehead atoms. The van der Waals surface area contributed by atoms with Crippen LogP contribution in [0.4, 0.5) is 0 Å². The summed E-state index contributed by atoms with van der Waals surface area (Å²) in [6.07, 6.45) is 13.9. The minimum atomic E-state index is -0.356. The molecule has 3 amide bonds. The molecular weight excluding hydrogens is 989 g/mol. The fraction of sp³-hybridized carbons (Fsp3) is 0.922. The summed E-state index contributed by atoms with van der Waals surface area (Å²) in [7, 11) is 3.93. The number of amides is 3. The Morgan fingerprint density at radius 1 is 0.544 bits per heavy atom. The Kier molecular flexibility index (Phi) is 59.7. The molecule has 0 heterocycles. The van der Waals surface area contributed by atoms with Crippen molar-refractivity contribution in [2.75, 3.05) is 92.6 Å². The van der Waals surface area contributed by atoms with Gasteiger partial charge in [0.1, 0.15) is 12.6 Å². The third-order valence-electron chi connectivity index (χ3n) is 14.0. The second-order valence-corrected chi connectivity index (χ2v) is 26.3. The SMILES string of the molecule is CC.CC.CCC.CCCC(C)(C)C(C)(C)CC(C)(C)CC(=O)NCCCN(CCCCNC(=O)CC(C)(C)CC(C)(C)C(C)(C)CC(C)(C)C)C(=O)CN(CCCNC)CCCNC.CCN.NCC=O.NCCC(N)C=O. The highest BCUT2D eigenvalue weighted by Gasteiger charge is 2.43. The highest BCUT2D eigenvalue weighted by molar-refractivity contribution is 5.78. The van der Waals surface area contributed by atoms with Gasteiger partial charge in [0.05, 0.1) is 12.6 Å². The minimum absolute atomic E-state index is 0.0807. The summed E-state index contributed by atoms with van der Waals surface area (Å²) in [4.78, 5) is 63.3. The molecule has 1 atom stereocenters. The Bertz CT molecular complexity index is 1420. The minimum Gasteiger partial charge on any atom is -0.356 e. The molecule has 15 heteroatoms. The van der Waals surface area contributed by atoms with Crippen molar-refractivity contribution >= 4 is 30.3 Å². The number of nitrogens with zero attached hydrogens (tertiary/aromatic N) is 2. The van der Waals surface area contributed by atoms with Gasteiger partial charge in [0, 0.05) is 45.6 Å². The van der Waals surface area contributed by atoms with Gasteiger partial charge < -0.3 is 58.7 Å². The largest absolute Gasteiger partial charge is 0.356 e. The lowest BCUT2D eigenvalue weighted by Gasteiger charge is -2.48. The van der Waals surface area contributed by atoms with E-state index in [1.54, 1.807) is 0 Å². The maximum Gasteiger partial charge on any atom is 0.236 e. The first-order valence-corrected chi connectivity index (χ1v) is 31.1. The molecule has 79 heavy (non-hydrogen) atoms. The van der Waals surface area contributed by atoms with Gasteiger partial charge in [0.2, 0.25) is 17.7 Å². The number of nitrogens with two attached hydrogens (primary N) is 4. The summed E-state index contributed by atoms with van der Waals surface area (Å²) in [6, 6.07) is -0.356. The van der Waals surface area contributed by atoms with Crippen LogP contribution in [-0.2, 0) is 24.0 Å². The predicted molar refractivity (Wildman–Crippen MR) is 346 cm³/mol. The van der Waals surface area contributed by atoms with Gasteiger partial charge in [-0.1, -0.05) is 172 Å². The molecule has 0 fully saturated rings. The van der Waals surface area contributed by atoms with Crippen molar-refractivity contribution in [2.24, 2.45) is 60.8 Å². The smallest absolute Gasteiger partial charge is 0.236 e. The Labute approximate surface area is 492 Å². The van der Waals surface area contributed by atoms with E-state index < -0.39 is 0 Å². The van der Waals surface area contributed by atoms with Crippen LogP contribution in [0.2, 0.25) is 0 Å². The number of aldehydes is 2. The molecule has 0 aliphatic heterocycles. The van der Waals surface area contributed by atoms with Crippen molar-refractivity contribution in [3.8, 4) is 0 Å². The van der Waals surface area contributed by atoms with E-state index in [0.29, 0.717) is 77.5 Å². The summed E-state index contributed by atoms with van der Waals surface area (Å²) in [5, 5.41) is 12.8. The highest BCUT2D eigenvalue weighted by atomic mass is 16.2. The molecule has 0 saturated carbocycles. The van der Waals surface area contributed by atoms with E-state index in [-0.39, 0.29) is 68.2 Å². The van der Waals surface area contributed by atoms with Crippen LogP contribution in [-0.4, -0.2) is 139 Å². The number of hydrogen-bond acceptors (Lipinski definition) is 12. The summed E-state index contributed by atoms with van der Waals surface area (Å²) in [5.41, 5.74) is 20.3. The molecule has 0 aliphatic carbocycles. The van der Waals surface area contributed by atoms with Gasteiger partial charge >= 0.3 is 0 Å². The van der Waals surface area contributed by atoms with Crippen LogP contribution < -0.4 is 44.2 Å². The Morgan fingerprint density at radius 2 is 0.899 bits per heavy atom. The standard InChI is InChI=1S/C49H100N6O3.C4H10N2O.C3H8.C2H5NO.C2H7N.2C2H6/c1-19-25-46(9,10)48(13,14)38-44(5,6)35-41(57)53-29-24-33-55(42(58)36-54(30-22-26-50-17)31-23-27-51-18)32-21-20-28-52-40(56)34-45(7,8)39-49(15,16)47(11,12)37-43(2,3)4;5-2-1-4(6)3-7;1-3-2;3-1-2-4;1-2-3;2*1-2/h50-51H,19-39H2,1-18H3,(H,52,56)(H,53,57);3-4H,1-2,5-6H2;3H2,1-2H3;2H,1,3H2;2-3H2,1H3;2*1-2H3. The predicted octanol–water partition coefficient (Wildman–Crippen LogP) is 11.1. The lowest BCUT2D eigenvalue weighted by molar-refractivity contribution is -0.132. The van der Waals surface area contributed by atoms with Gasteiger partial charge in [0.15, 0.2) is 0 Å². The van der Waals surface area contributed by atoms with Gasteiger partial charge in [-0.15, -0.1) is 0 Å². The molecule has 0 aliphatic rings. The van der Waals surface area contributed by atoms with E-state index in [1.807, 2.05) is 53.6 Å². The molecule has 0 radical (unpaired) electrons. The first kappa shape index (κ1) is 90.2. The summed E-state index contributed by atoms with van der Waals surface area (Å²) < 4.78 is 0. The number of carbonyl (C=O) groups excluding carboxylic acids is 5. The monoisotopic (exact) mass is 1130 g/mol. The van der Waals surface area contributed by atoms with Crippen LogP contribution in [0.25, 0.3) is 0 Å². The number of unbranched alkanes of at least 4 members (excludes halogenated alkanes) is 1. The number of carbonyl (C=O) groups is 5. The molecule has 12 N–H and O–H groups in total. The quantitative estimate of drug-likeness (QED) is 0.0216. The molecular formula is C64H142N10O5. The zero-order chi connectivity index (χ0) is 63.6. The van der Waals surface area contributed by atoms with Crippen LogP contribution >= 0.6 is 0 Å².